The van der Waals surface area contributed by atoms with Crippen molar-refractivity contribution in [3.05, 3.63) is 12.2 Å². The van der Waals surface area contributed by atoms with E-state index in [1.54, 1.807) is 0 Å². The number of allylic oxidation sites excluding steroid dienone is 2. The number of rotatable bonds is 0. The van der Waals surface area contributed by atoms with Crippen LogP contribution in [0.25, 0.3) is 0 Å². The van der Waals surface area contributed by atoms with Gasteiger partial charge >= 0.3 is 0 Å². The first-order valence-electron chi connectivity index (χ1n) is 6.05. The SMILES string of the molecule is O=C1C[C@@H]2CC=C[C@@H]2[C@H]2CCCC[C@H]12. The number of fused-ring (bicyclic) bond motifs is 3. The van der Waals surface area contributed by atoms with E-state index < -0.39 is 0 Å². The van der Waals surface area contributed by atoms with Crippen LogP contribution in [0.2, 0.25) is 0 Å². The van der Waals surface area contributed by atoms with E-state index in [1.807, 2.05) is 0 Å². The molecule has 1 heteroatoms. The highest BCUT2D eigenvalue weighted by Crippen LogP contribution is 2.48. The van der Waals surface area contributed by atoms with Crippen molar-refractivity contribution < 1.29 is 4.79 Å². The van der Waals surface area contributed by atoms with Crippen LogP contribution in [0, 0.1) is 23.7 Å². The maximum atomic E-state index is 11.9. The molecule has 0 heterocycles. The summed E-state index contributed by atoms with van der Waals surface area (Å²) in [5.74, 6) is 3.18. The van der Waals surface area contributed by atoms with Gasteiger partial charge in [0.15, 0.2) is 0 Å². The highest BCUT2D eigenvalue weighted by Gasteiger charge is 2.44. The third kappa shape index (κ3) is 1.18. The van der Waals surface area contributed by atoms with Crippen LogP contribution in [0.3, 0.4) is 0 Å². The molecule has 0 radical (unpaired) electrons. The van der Waals surface area contributed by atoms with Crippen LogP contribution >= 0.6 is 0 Å². The Morgan fingerprint density at radius 3 is 3.00 bits per heavy atom. The Hall–Kier alpha value is -0.590. The molecule has 0 N–H and O–H groups in total. The van der Waals surface area contributed by atoms with Gasteiger partial charge in [-0.2, -0.15) is 0 Å². The maximum Gasteiger partial charge on any atom is 0.136 e. The Bertz CT molecular complexity index is 277. The lowest BCUT2D eigenvalue weighted by atomic mass is 9.62. The summed E-state index contributed by atoms with van der Waals surface area (Å²) in [6.45, 7) is 0. The van der Waals surface area contributed by atoms with Gasteiger partial charge in [-0.15, -0.1) is 0 Å². The lowest BCUT2D eigenvalue weighted by Gasteiger charge is -2.41. The zero-order chi connectivity index (χ0) is 9.54. The number of carbonyl (C=O) groups excluding carboxylic acids is 1. The molecule has 0 aliphatic heterocycles. The van der Waals surface area contributed by atoms with Crippen LogP contribution in [-0.2, 0) is 4.79 Å². The minimum absolute atomic E-state index is 0.438. The Balaban J connectivity index is 1.87. The summed E-state index contributed by atoms with van der Waals surface area (Å²) in [4.78, 5) is 11.9. The van der Waals surface area contributed by atoms with Crippen molar-refractivity contribution >= 4 is 5.78 Å². The molecule has 0 unspecified atom stereocenters. The number of hydrogen-bond donors (Lipinski definition) is 0. The molecular weight excluding hydrogens is 172 g/mol. The van der Waals surface area contributed by atoms with Crippen LogP contribution in [0.5, 0.6) is 0 Å². The number of carbonyl (C=O) groups is 1. The maximum absolute atomic E-state index is 11.9. The minimum Gasteiger partial charge on any atom is -0.299 e. The fourth-order valence-corrected chi connectivity index (χ4v) is 3.87. The average molecular weight is 190 g/mol. The van der Waals surface area contributed by atoms with Crippen molar-refractivity contribution in [3.63, 3.8) is 0 Å². The van der Waals surface area contributed by atoms with E-state index in [0.29, 0.717) is 23.5 Å². The van der Waals surface area contributed by atoms with Crippen molar-refractivity contribution in [2.24, 2.45) is 23.7 Å². The van der Waals surface area contributed by atoms with Crippen LogP contribution in [0.15, 0.2) is 12.2 Å². The van der Waals surface area contributed by atoms with Crippen molar-refractivity contribution in [1.82, 2.24) is 0 Å². The molecule has 3 rings (SSSR count). The first-order chi connectivity index (χ1) is 6.86. The highest BCUT2D eigenvalue weighted by atomic mass is 16.1. The molecule has 4 atom stereocenters. The van der Waals surface area contributed by atoms with E-state index in [0.717, 1.165) is 12.3 Å². The molecule has 3 aliphatic carbocycles. The van der Waals surface area contributed by atoms with Crippen LogP contribution in [-0.4, -0.2) is 5.78 Å². The molecule has 1 nitrogen and oxygen atoms in total. The van der Waals surface area contributed by atoms with Gasteiger partial charge in [0.05, 0.1) is 0 Å². The first kappa shape index (κ1) is 8.70. The van der Waals surface area contributed by atoms with Crippen molar-refractivity contribution in [3.8, 4) is 0 Å². The second-order valence-corrected chi connectivity index (χ2v) is 5.23. The van der Waals surface area contributed by atoms with Crippen molar-refractivity contribution in [1.29, 1.82) is 0 Å². The lowest BCUT2D eigenvalue weighted by molar-refractivity contribution is -0.131. The molecule has 2 fully saturated rings. The van der Waals surface area contributed by atoms with E-state index in [1.165, 1.54) is 32.1 Å². The average Bonchev–Trinajstić information content (AvgIpc) is 2.66. The molecule has 3 aliphatic rings. The van der Waals surface area contributed by atoms with Crippen molar-refractivity contribution in [2.75, 3.05) is 0 Å². The van der Waals surface area contributed by atoms with E-state index >= 15 is 0 Å². The second-order valence-electron chi connectivity index (χ2n) is 5.23. The minimum atomic E-state index is 0.438. The third-order valence-electron chi connectivity index (χ3n) is 4.53. The summed E-state index contributed by atoms with van der Waals surface area (Å²) in [7, 11) is 0. The smallest absolute Gasteiger partial charge is 0.136 e. The Morgan fingerprint density at radius 2 is 2.07 bits per heavy atom. The summed E-state index contributed by atoms with van der Waals surface area (Å²) in [5, 5.41) is 0. The zero-order valence-electron chi connectivity index (χ0n) is 8.61. The molecular formula is C13H18O. The molecule has 0 amide bonds. The van der Waals surface area contributed by atoms with Gasteiger partial charge < -0.3 is 0 Å². The monoisotopic (exact) mass is 190 g/mol. The van der Waals surface area contributed by atoms with Gasteiger partial charge in [0.25, 0.3) is 0 Å². The largest absolute Gasteiger partial charge is 0.299 e. The number of ketones is 1. The summed E-state index contributed by atoms with van der Waals surface area (Å²) in [6.07, 6.45) is 11.9. The van der Waals surface area contributed by atoms with E-state index in [9.17, 15) is 4.79 Å². The normalized spacial score (nSPS) is 46.1. The van der Waals surface area contributed by atoms with Gasteiger partial charge in [-0.05, 0) is 37.0 Å². The van der Waals surface area contributed by atoms with Crippen molar-refractivity contribution in [2.45, 2.75) is 38.5 Å². The Kier molecular flexibility index (Phi) is 2.00. The zero-order valence-corrected chi connectivity index (χ0v) is 8.61. The van der Waals surface area contributed by atoms with Gasteiger partial charge in [-0.1, -0.05) is 25.0 Å². The molecule has 0 saturated heterocycles. The van der Waals surface area contributed by atoms with E-state index in [2.05, 4.69) is 12.2 Å². The fraction of sp³-hybridized carbons (Fsp3) is 0.769. The lowest BCUT2D eigenvalue weighted by Crippen LogP contribution is -2.40. The first-order valence-corrected chi connectivity index (χ1v) is 6.05. The summed E-state index contributed by atoms with van der Waals surface area (Å²) in [5.41, 5.74) is 0. The van der Waals surface area contributed by atoms with Crippen LogP contribution in [0.4, 0.5) is 0 Å². The molecule has 0 aromatic rings. The van der Waals surface area contributed by atoms with Gasteiger partial charge in [0.1, 0.15) is 5.78 Å². The van der Waals surface area contributed by atoms with Crippen LogP contribution < -0.4 is 0 Å². The van der Waals surface area contributed by atoms with Gasteiger partial charge in [0.2, 0.25) is 0 Å². The molecule has 2 saturated carbocycles. The standard InChI is InChI=1S/C13H18O/c14-13-8-9-4-3-7-10(9)11-5-1-2-6-12(11)13/h3,7,9-12H,1-2,4-6,8H2/t9-,10-,11+,12-/m0/s1. The molecule has 14 heavy (non-hydrogen) atoms. The van der Waals surface area contributed by atoms with Gasteiger partial charge in [-0.25, -0.2) is 0 Å². The Labute approximate surface area is 85.6 Å². The molecule has 0 aromatic heterocycles. The third-order valence-corrected chi connectivity index (χ3v) is 4.53. The van der Waals surface area contributed by atoms with E-state index in [4.69, 9.17) is 0 Å². The predicted octanol–water partition coefficient (Wildman–Crippen LogP) is 2.96. The highest BCUT2D eigenvalue weighted by molar-refractivity contribution is 5.82. The quantitative estimate of drug-likeness (QED) is 0.537. The molecule has 76 valence electrons. The second kappa shape index (κ2) is 3.22. The van der Waals surface area contributed by atoms with Gasteiger partial charge in [0, 0.05) is 12.3 Å². The molecule has 0 spiro atoms. The summed E-state index contributed by atoms with van der Waals surface area (Å²) >= 11 is 0. The summed E-state index contributed by atoms with van der Waals surface area (Å²) < 4.78 is 0. The van der Waals surface area contributed by atoms with E-state index in [-0.39, 0.29) is 0 Å². The number of Topliss-reactive ketones (excluding diaryl/α,β-unsaturated/α-hetero) is 1. The topological polar surface area (TPSA) is 17.1 Å². The van der Waals surface area contributed by atoms with Gasteiger partial charge in [-0.3, -0.25) is 4.79 Å². The van der Waals surface area contributed by atoms with Crippen LogP contribution in [0.1, 0.15) is 38.5 Å². The Morgan fingerprint density at radius 1 is 1.21 bits per heavy atom. The predicted molar refractivity (Wildman–Crippen MR) is 55.8 cm³/mol. The molecule has 0 bridgehead atoms. The summed E-state index contributed by atoms with van der Waals surface area (Å²) in [6, 6.07) is 0. The molecule has 0 aromatic carbocycles. The fourth-order valence-electron chi connectivity index (χ4n) is 3.87. The number of hydrogen-bond acceptors (Lipinski definition) is 1.